The lowest BCUT2D eigenvalue weighted by Gasteiger charge is -2.11. The Morgan fingerprint density at radius 3 is 2.82 bits per heavy atom. The molecule has 3 N–H and O–H groups in total. The zero-order valence-electron chi connectivity index (χ0n) is 10.7. The number of aliphatic hydroxyl groups excluding tert-OH is 1. The predicted octanol–water partition coefficient (Wildman–Crippen LogP) is 0.403. The van der Waals surface area contributed by atoms with Crippen molar-refractivity contribution in [1.29, 1.82) is 0 Å². The first-order valence-electron chi connectivity index (χ1n) is 6.16. The smallest absolute Gasteiger partial charge is 0.330 e. The van der Waals surface area contributed by atoms with Crippen LogP contribution in [0.3, 0.4) is 0 Å². The van der Waals surface area contributed by atoms with Gasteiger partial charge in [-0.2, -0.15) is 0 Å². The molecule has 0 radical (unpaired) electrons. The zero-order valence-corrected chi connectivity index (χ0v) is 10.7. The van der Waals surface area contributed by atoms with Crippen molar-refractivity contribution in [1.82, 2.24) is 10.6 Å². The van der Waals surface area contributed by atoms with E-state index in [2.05, 4.69) is 10.6 Å². The van der Waals surface area contributed by atoms with Gasteiger partial charge in [0.15, 0.2) is 0 Å². The second-order valence-corrected chi connectivity index (χ2v) is 3.56. The van der Waals surface area contributed by atoms with Gasteiger partial charge in [0.1, 0.15) is 6.23 Å². The van der Waals surface area contributed by atoms with Crippen LogP contribution in [0.5, 0.6) is 0 Å². The van der Waals surface area contributed by atoms with E-state index in [1.165, 1.54) is 6.08 Å². The molecule has 0 saturated heterocycles. The molecule has 0 saturated carbocycles. The SMILES string of the molecule is CCNCCNC(O)CC/C=C/C(=O)OCC. The third-order valence-electron chi connectivity index (χ3n) is 2.08. The molecule has 0 bridgehead atoms. The third-order valence-corrected chi connectivity index (χ3v) is 2.08. The minimum Gasteiger partial charge on any atom is -0.463 e. The summed E-state index contributed by atoms with van der Waals surface area (Å²) in [6, 6.07) is 0. The first kappa shape index (κ1) is 16.1. The van der Waals surface area contributed by atoms with Crippen LogP contribution in [-0.4, -0.2) is 43.5 Å². The molecule has 17 heavy (non-hydrogen) atoms. The van der Waals surface area contributed by atoms with Crippen molar-refractivity contribution in [2.75, 3.05) is 26.2 Å². The lowest BCUT2D eigenvalue weighted by atomic mass is 10.2. The number of hydrogen-bond acceptors (Lipinski definition) is 5. The van der Waals surface area contributed by atoms with E-state index in [-0.39, 0.29) is 5.97 Å². The predicted molar refractivity (Wildman–Crippen MR) is 67.6 cm³/mol. The van der Waals surface area contributed by atoms with Gasteiger partial charge in [0.25, 0.3) is 0 Å². The van der Waals surface area contributed by atoms with Crippen LogP contribution < -0.4 is 10.6 Å². The average molecular weight is 244 g/mol. The molecule has 1 unspecified atom stereocenters. The second kappa shape index (κ2) is 11.6. The molecule has 0 aliphatic carbocycles. The second-order valence-electron chi connectivity index (χ2n) is 3.56. The zero-order chi connectivity index (χ0) is 12.9. The highest BCUT2D eigenvalue weighted by atomic mass is 16.5. The van der Waals surface area contributed by atoms with Gasteiger partial charge in [0.05, 0.1) is 6.61 Å². The number of esters is 1. The van der Waals surface area contributed by atoms with E-state index in [1.54, 1.807) is 13.0 Å². The van der Waals surface area contributed by atoms with Gasteiger partial charge in [0.2, 0.25) is 0 Å². The molecule has 0 rings (SSSR count). The molecule has 0 fully saturated rings. The highest BCUT2D eigenvalue weighted by Crippen LogP contribution is 1.95. The van der Waals surface area contributed by atoms with Gasteiger partial charge in [-0.1, -0.05) is 13.0 Å². The summed E-state index contributed by atoms with van der Waals surface area (Å²) in [4.78, 5) is 10.9. The van der Waals surface area contributed by atoms with Crippen LogP contribution in [-0.2, 0) is 9.53 Å². The summed E-state index contributed by atoms with van der Waals surface area (Å²) in [6.45, 7) is 6.70. The van der Waals surface area contributed by atoms with Gasteiger partial charge in [-0.3, -0.25) is 5.32 Å². The molecule has 100 valence electrons. The summed E-state index contributed by atoms with van der Waals surface area (Å²) < 4.78 is 4.73. The number of likely N-dealkylation sites (N-methyl/N-ethyl adjacent to an activating group) is 1. The number of carbonyl (C=O) groups is 1. The van der Waals surface area contributed by atoms with Gasteiger partial charge in [-0.25, -0.2) is 4.79 Å². The third kappa shape index (κ3) is 11.4. The van der Waals surface area contributed by atoms with Crippen molar-refractivity contribution in [3.05, 3.63) is 12.2 Å². The lowest BCUT2D eigenvalue weighted by Crippen LogP contribution is -2.34. The minimum absolute atomic E-state index is 0.331. The quantitative estimate of drug-likeness (QED) is 0.225. The van der Waals surface area contributed by atoms with Crippen LogP contribution in [0.1, 0.15) is 26.7 Å². The molecule has 0 spiro atoms. The summed E-state index contributed by atoms with van der Waals surface area (Å²) in [5, 5.41) is 15.7. The van der Waals surface area contributed by atoms with E-state index in [4.69, 9.17) is 4.74 Å². The van der Waals surface area contributed by atoms with Crippen molar-refractivity contribution < 1.29 is 14.6 Å². The fourth-order valence-electron chi connectivity index (χ4n) is 1.23. The van der Waals surface area contributed by atoms with Crippen LogP contribution in [0, 0.1) is 0 Å². The van der Waals surface area contributed by atoms with Crippen molar-refractivity contribution in [3.8, 4) is 0 Å². The summed E-state index contributed by atoms with van der Waals surface area (Å²) in [5.74, 6) is -0.331. The molecular formula is C12H24N2O3. The van der Waals surface area contributed by atoms with Crippen LogP contribution >= 0.6 is 0 Å². The monoisotopic (exact) mass is 244 g/mol. The van der Waals surface area contributed by atoms with Crippen LogP contribution in [0.4, 0.5) is 0 Å². The maximum atomic E-state index is 10.9. The first-order valence-corrected chi connectivity index (χ1v) is 6.16. The fraction of sp³-hybridized carbons (Fsp3) is 0.750. The Labute approximate surface area is 103 Å². The summed E-state index contributed by atoms with van der Waals surface area (Å²) in [6.07, 6.45) is 3.82. The molecule has 0 heterocycles. The summed E-state index contributed by atoms with van der Waals surface area (Å²) in [5.41, 5.74) is 0. The standard InChI is InChI=1S/C12H24N2O3/c1-3-13-9-10-14-11(15)7-5-6-8-12(16)17-4-2/h6,8,11,13-15H,3-5,7,9-10H2,1-2H3/b8-6+. The number of allylic oxidation sites excluding steroid dienone is 1. The Hall–Kier alpha value is -0.910. The number of rotatable bonds is 10. The largest absolute Gasteiger partial charge is 0.463 e. The fourth-order valence-corrected chi connectivity index (χ4v) is 1.23. The number of hydrogen-bond donors (Lipinski definition) is 3. The molecule has 5 heteroatoms. The van der Waals surface area contributed by atoms with E-state index < -0.39 is 6.23 Å². The Bertz CT molecular complexity index is 220. The van der Waals surface area contributed by atoms with Crippen LogP contribution in [0.15, 0.2) is 12.2 Å². The molecule has 5 nitrogen and oxygen atoms in total. The van der Waals surface area contributed by atoms with Crippen molar-refractivity contribution in [2.24, 2.45) is 0 Å². The number of nitrogens with one attached hydrogen (secondary N) is 2. The van der Waals surface area contributed by atoms with E-state index >= 15 is 0 Å². The maximum absolute atomic E-state index is 10.9. The van der Waals surface area contributed by atoms with Gasteiger partial charge in [0, 0.05) is 19.2 Å². The lowest BCUT2D eigenvalue weighted by molar-refractivity contribution is -0.137. The molecule has 0 aromatic carbocycles. The molecule has 0 aliphatic rings. The Morgan fingerprint density at radius 2 is 2.18 bits per heavy atom. The molecule has 0 aromatic rings. The van der Waals surface area contributed by atoms with Crippen molar-refractivity contribution >= 4 is 5.97 Å². The first-order chi connectivity index (χ1) is 8.20. The Kier molecular flexibility index (Phi) is 11.0. The minimum atomic E-state index is -0.527. The summed E-state index contributed by atoms with van der Waals surface area (Å²) in [7, 11) is 0. The maximum Gasteiger partial charge on any atom is 0.330 e. The van der Waals surface area contributed by atoms with Gasteiger partial charge in [-0.05, 0) is 26.3 Å². The van der Waals surface area contributed by atoms with E-state index in [0.29, 0.717) is 19.4 Å². The molecule has 0 aliphatic heterocycles. The van der Waals surface area contributed by atoms with E-state index in [0.717, 1.165) is 19.6 Å². The van der Waals surface area contributed by atoms with Crippen molar-refractivity contribution in [3.63, 3.8) is 0 Å². The van der Waals surface area contributed by atoms with Crippen LogP contribution in [0.25, 0.3) is 0 Å². The van der Waals surface area contributed by atoms with Gasteiger partial charge < -0.3 is 15.2 Å². The Balaban J connectivity index is 3.43. The van der Waals surface area contributed by atoms with Crippen molar-refractivity contribution in [2.45, 2.75) is 32.9 Å². The van der Waals surface area contributed by atoms with E-state index in [1.807, 2.05) is 6.92 Å². The molecular weight excluding hydrogens is 220 g/mol. The number of aliphatic hydroxyl groups is 1. The Morgan fingerprint density at radius 1 is 1.41 bits per heavy atom. The topological polar surface area (TPSA) is 70.6 Å². The summed E-state index contributed by atoms with van der Waals surface area (Å²) >= 11 is 0. The normalized spacial score (nSPS) is 12.9. The van der Waals surface area contributed by atoms with E-state index in [9.17, 15) is 9.90 Å². The molecule has 1 atom stereocenters. The highest BCUT2D eigenvalue weighted by Gasteiger charge is 2.00. The average Bonchev–Trinajstić information content (AvgIpc) is 2.31. The van der Waals surface area contributed by atoms with Gasteiger partial charge in [-0.15, -0.1) is 0 Å². The highest BCUT2D eigenvalue weighted by molar-refractivity contribution is 5.81. The number of ether oxygens (including phenoxy) is 1. The number of carbonyl (C=O) groups excluding carboxylic acids is 1. The van der Waals surface area contributed by atoms with Crippen LogP contribution in [0.2, 0.25) is 0 Å². The van der Waals surface area contributed by atoms with Gasteiger partial charge >= 0.3 is 5.97 Å². The molecule has 0 aromatic heterocycles. The molecule has 0 amide bonds.